The smallest absolute Gasteiger partial charge is 0.302 e. The van der Waals surface area contributed by atoms with Gasteiger partial charge in [-0.05, 0) is 0 Å². The molecule has 0 unspecified atom stereocenters. The molecule has 0 aliphatic heterocycles. The summed E-state index contributed by atoms with van der Waals surface area (Å²) in [5.41, 5.74) is 0. The number of alkyl halides is 34. The maximum atomic E-state index is 13.8. The second-order valence-corrected chi connectivity index (χ2v) is 12.4. The largest absolute Gasteiger partial charge is 0.472 e. The van der Waals surface area contributed by atoms with Gasteiger partial charge in [0, 0.05) is 12.8 Å². The molecule has 356 valence electrons. The fraction of sp³-hybridized carbons (Fsp3) is 1.00. The van der Waals surface area contributed by atoms with Gasteiger partial charge in [-0.2, -0.15) is 149 Å². The molecule has 39 heteroatoms. The molecule has 1 N–H and O–H groups in total. The van der Waals surface area contributed by atoms with E-state index in [4.69, 9.17) is 4.89 Å². The van der Waals surface area contributed by atoms with Gasteiger partial charge in [-0.15, -0.1) is 0 Å². The summed E-state index contributed by atoms with van der Waals surface area (Å²) in [6.45, 7) is -6.22. The zero-order valence-electron chi connectivity index (χ0n) is 25.8. The standard InChI is InChI=1S/C20H9F34O4P/c21-5(22,7(25,26)9(29,30)11(33,34)13(37,38)15(41,42)17(45,46)19(49,50)51)1-3-57-59(55,56)58-4-2-6(23,24)8(27,28)10(31,32)12(35,36)14(39,40)16(43,44)18(47,48)20(52,53)54/h1-4H2,(H,55,56). The van der Waals surface area contributed by atoms with Crippen molar-refractivity contribution in [3.8, 4) is 0 Å². The summed E-state index contributed by atoms with van der Waals surface area (Å²) in [4.78, 5) is 8.99. The van der Waals surface area contributed by atoms with Crippen molar-refractivity contribution in [1.29, 1.82) is 0 Å². The monoisotopic (exact) mass is 990 g/mol. The average Bonchev–Trinajstić information content (AvgIpc) is 2.98. The van der Waals surface area contributed by atoms with Gasteiger partial charge < -0.3 is 4.89 Å². The van der Waals surface area contributed by atoms with E-state index in [1.165, 1.54) is 0 Å². The van der Waals surface area contributed by atoms with Crippen molar-refractivity contribution in [3.05, 3.63) is 0 Å². The first-order valence-corrected chi connectivity index (χ1v) is 14.5. The molecular weight excluding hydrogens is 981 g/mol. The molecule has 0 radical (unpaired) electrons. The lowest BCUT2D eigenvalue weighted by molar-refractivity contribution is -0.462. The van der Waals surface area contributed by atoms with Crippen LogP contribution in [0.4, 0.5) is 149 Å². The molecular formula is C20H9F34O4P. The predicted molar refractivity (Wildman–Crippen MR) is 112 cm³/mol. The Morgan fingerprint density at radius 3 is 0.610 bits per heavy atom. The molecule has 0 spiro atoms. The van der Waals surface area contributed by atoms with Crippen molar-refractivity contribution in [2.45, 2.75) is 108 Å². The van der Waals surface area contributed by atoms with Crippen LogP contribution in [0.1, 0.15) is 12.8 Å². The number of hydrogen-bond donors (Lipinski definition) is 1. The van der Waals surface area contributed by atoms with Crippen LogP contribution >= 0.6 is 7.82 Å². The van der Waals surface area contributed by atoms with E-state index >= 15 is 0 Å². The summed E-state index contributed by atoms with van der Waals surface area (Å²) >= 11 is 0. The first kappa shape index (κ1) is 56.7. The average molecular weight is 990 g/mol. The Balaban J connectivity index is 6.27. The molecule has 0 saturated carbocycles. The van der Waals surface area contributed by atoms with Gasteiger partial charge in [0.1, 0.15) is 0 Å². The third-order valence-corrected chi connectivity index (χ3v) is 7.93. The Hall–Kier alpha value is -2.27. The summed E-state index contributed by atoms with van der Waals surface area (Å²) in [6, 6.07) is 0. The number of phosphoric ester groups is 1. The summed E-state index contributed by atoms with van der Waals surface area (Å²) in [7, 11) is -6.93. The number of hydrogen-bond acceptors (Lipinski definition) is 3. The minimum Gasteiger partial charge on any atom is -0.302 e. The van der Waals surface area contributed by atoms with Crippen molar-refractivity contribution in [1.82, 2.24) is 0 Å². The van der Waals surface area contributed by atoms with E-state index in [9.17, 15) is 154 Å². The Bertz CT molecular complexity index is 1420. The van der Waals surface area contributed by atoms with Crippen LogP contribution in [0.3, 0.4) is 0 Å². The minimum atomic E-state index is -9.11. The maximum absolute atomic E-state index is 13.8. The van der Waals surface area contributed by atoms with E-state index in [1.54, 1.807) is 0 Å². The molecule has 0 aliphatic carbocycles. The van der Waals surface area contributed by atoms with Gasteiger partial charge >= 0.3 is 103 Å². The molecule has 0 heterocycles. The quantitative estimate of drug-likeness (QED) is 0.0975. The highest BCUT2D eigenvalue weighted by Crippen LogP contribution is 2.66. The van der Waals surface area contributed by atoms with Crippen LogP contribution in [0.2, 0.25) is 0 Å². The van der Waals surface area contributed by atoms with Gasteiger partial charge in [0.25, 0.3) is 0 Å². The van der Waals surface area contributed by atoms with Gasteiger partial charge in [-0.3, -0.25) is 9.05 Å². The van der Waals surface area contributed by atoms with E-state index in [-0.39, 0.29) is 0 Å². The van der Waals surface area contributed by atoms with E-state index in [1.807, 2.05) is 0 Å². The lowest BCUT2D eigenvalue weighted by Crippen LogP contribution is -2.74. The SMILES string of the molecule is O=P(O)(OCCC(F)(F)C(F)(F)C(F)(F)C(F)(F)C(F)(F)C(F)(F)C(F)(F)C(F)(F)F)OCCC(F)(F)C(F)(F)C(F)(F)C(F)(F)C(F)(F)C(F)(F)C(F)(F)C(F)(F)F. The van der Waals surface area contributed by atoms with Gasteiger partial charge in [0.2, 0.25) is 0 Å². The Morgan fingerprint density at radius 2 is 0.441 bits per heavy atom. The second kappa shape index (κ2) is 14.9. The lowest BCUT2D eigenvalue weighted by atomic mass is 9.88. The molecule has 0 atom stereocenters. The number of halogens is 34. The van der Waals surface area contributed by atoms with Gasteiger partial charge in [0.15, 0.2) is 0 Å². The Morgan fingerprint density at radius 1 is 0.288 bits per heavy atom. The molecule has 0 amide bonds. The maximum Gasteiger partial charge on any atom is 0.472 e. The summed E-state index contributed by atoms with van der Waals surface area (Å²) in [5, 5.41) is 0. The molecule has 0 aromatic carbocycles. The van der Waals surface area contributed by atoms with Crippen LogP contribution < -0.4 is 0 Å². The van der Waals surface area contributed by atoms with E-state index in [0.717, 1.165) is 0 Å². The zero-order chi connectivity index (χ0) is 48.7. The molecule has 0 aromatic rings. The zero-order valence-corrected chi connectivity index (χ0v) is 26.7. The highest BCUT2D eigenvalue weighted by atomic mass is 31.2. The predicted octanol–water partition coefficient (Wildman–Crippen LogP) is 11.9. The van der Waals surface area contributed by atoms with Crippen LogP contribution in [0.5, 0.6) is 0 Å². The summed E-state index contributed by atoms with van der Waals surface area (Å²) in [5.74, 6) is -121. The van der Waals surface area contributed by atoms with E-state index < -0.39 is 129 Å². The molecule has 0 fully saturated rings. The molecule has 0 saturated heterocycles. The molecule has 4 nitrogen and oxygen atoms in total. The lowest BCUT2D eigenvalue weighted by Gasteiger charge is -2.42. The van der Waals surface area contributed by atoms with Crippen LogP contribution in [-0.4, -0.2) is 113 Å². The summed E-state index contributed by atoms with van der Waals surface area (Å²) < 4.78 is 467. The first-order valence-electron chi connectivity index (χ1n) is 13.0. The minimum absolute atomic E-state index is 3.03. The third kappa shape index (κ3) is 8.24. The molecule has 0 rings (SSSR count). The second-order valence-electron chi connectivity index (χ2n) is 10.9. The fourth-order valence-electron chi connectivity index (χ4n) is 3.32. The van der Waals surface area contributed by atoms with E-state index in [0.29, 0.717) is 0 Å². The van der Waals surface area contributed by atoms with Crippen molar-refractivity contribution in [3.63, 3.8) is 0 Å². The van der Waals surface area contributed by atoms with Gasteiger partial charge in [0.05, 0.1) is 13.2 Å². The van der Waals surface area contributed by atoms with Crippen molar-refractivity contribution in [2.24, 2.45) is 0 Å². The van der Waals surface area contributed by atoms with Crippen LogP contribution in [0.15, 0.2) is 0 Å². The molecule has 0 bridgehead atoms. The van der Waals surface area contributed by atoms with E-state index in [2.05, 4.69) is 9.05 Å². The van der Waals surface area contributed by atoms with Crippen LogP contribution in [0.25, 0.3) is 0 Å². The molecule has 59 heavy (non-hydrogen) atoms. The Labute approximate surface area is 298 Å². The van der Waals surface area contributed by atoms with Crippen molar-refractivity contribution in [2.75, 3.05) is 13.2 Å². The summed E-state index contributed by atoms with van der Waals surface area (Å²) in [6.07, 6.45) is -23.7. The number of rotatable bonds is 20. The first-order chi connectivity index (χ1) is 24.9. The van der Waals surface area contributed by atoms with Crippen molar-refractivity contribution >= 4 is 7.82 Å². The molecule has 0 aromatic heterocycles. The number of phosphoric acid groups is 1. The normalized spacial score (nSPS) is 16.9. The van der Waals surface area contributed by atoms with Crippen molar-refractivity contribution < 1.29 is 168 Å². The van der Waals surface area contributed by atoms with Crippen LogP contribution in [-0.2, 0) is 13.6 Å². The Kier molecular flexibility index (Phi) is 14.4. The van der Waals surface area contributed by atoms with Crippen LogP contribution in [0, 0.1) is 0 Å². The fourth-order valence-corrected chi connectivity index (χ4v) is 4.04. The van der Waals surface area contributed by atoms with Gasteiger partial charge in [-0.25, -0.2) is 4.57 Å². The highest BCUT2D eigenvalue weighted by molar-refractivity contribution is 7.47. The molecule has 0 aliphatic rings. The topological polar surface area (TPSA) is 55.8 Å². The third-order valence-electron chi connectivity index (χ3n) is 6.92. The van der Waals surface area contributed by atoms with Gasteiger partial charge in [-0.1, -0.05) is 0 Å². The highest BCUT2D eigenvalue weighted by Gasteiger charge is 2.97.